The van der Waals surface area contributed by atoms with Crippen molar-refractivity contribution in [2.75, 3.05) is 6.61 Å². The first kappa shape index (κ1) is 10.1. The molecule has 0 saturated heterocycles. The molecule has 0 amide bonds. The molecule has 0 saturated carbocycles. The summed E-state index contributed by atoms with van der Waals surface area (Å²) < 4.78 is 5.03. The second-order valence-corrected chi connectivity index (χ2v) is 3.10. The molecule has 1 aromatic rings. The molecule has 0 aromatic heterocycles. The lowest BCUT2D eigenvalue weighted by molar-refractivity contribution is 0.317. The lowest BCUT2D eigenvalue weighted by Gasteiger charge is -2.04. The number of hydrogen-bond donors (Lipinski definition) is 1. The normalized spacial score (nSPS) is 9.69. The maximum absolute atomic E-state index is 7.43. The Labute approximate surface area is 83.0 Å². The third-order valence-electron chi connectivity index (χ3n) is 1.57. The van der Waals surface area contributed by atoms with E-state index in [4.69, 9.17) is 21.7 Å². The first-order valence-corrected chi connectivity index (χ1v) is 4.55. The summed E-state index contributed by atoms with van der Waals surface area (Å²) >= 11 is 5.79. The van der Waals surface area contributed by atoms with Gasteiger partial charge >= 0.3 is 0 Å². The Morgan fingerprint density at radius 3 is 2.92 bits per heavy atom. The molecule has 2 nitrogen and oxygen atoms in total. The van der Waals surface area contributed by atoms with E-state index in [0.717, 1.165) is 5.56 Å². The quantitative estimate of drug-likeness (QED) is 0.587. The van der Waals surface area contributed by atoms with E-state index in [1.54, 1.807) is 0 Å². The predicted molar refractivity (Wildman–Crippen MR) is 54.5 cm³/mol. The standard InChI is InChI=1S/C10H12ClNO/c1-2-13-10(12)7-8-4-3-5-9(11)6-8/h3-6,12H,2,7H2,1H3. The average Bonchev–Trinajstić information content (AvgIpc) is 2.04. The van der Waals surface area contributed by atoms with Crippen LogP contribution in [0, 0.1) is 5.41 Å². The molecule has 0 unspecified atom stereocenters. The van der Waals surface area contributed by atoms with Gasteiger partial charge in [0, 0.05) is 11.4 Å². The molecule has 1 aromatic carbocycles. The molecule has 1 rings (SSSR count). The van der Waals surface area contributed by atoms with Crippen molar-refractivity contribution in [3.05, 3.63) is 34.9 Å². The van der Waals surface area contributed by atoms with Crippen LogP contribution in [0.4, 0.5) is 0 Å². The first-order valence-electron chi connectivity index (χ1n) is 4.17. The zero-order valence-corrected chi connectivity index (χ0v) is 8.27. The maximum Gasteiger partial charge on any atom is 0.184 e. The van der Waals surface area contributed by atoms with Crippen molar-refractivity contribution >= 4 is 17.5 Å². The molecule has 0 radical (unpaired) electrons. The number of rotatable bonds is 3. The van der Waals surface area contributed by atoms with Gasteiger partial charge in [0.1, 0.15) is 0 Å². The Morgan fingerprint density at radius 2 is 2.31 bits per heavy atom. The number of ether oxygens (including phenoxy) is 1. The summed E-state index contributed by atoms with van der Waals surface area (Å²) in [5.74, 6) is 0.282. The van der Waals surface area contributed by atoms with Crippen molar-refractivity contribution in [2.45, 2.75) is 13.3 Å². The van der Waals surface area contributed by atoms with Gasteiger partial charge in [-0.15, -0.1) is 0 Å². The highest BCUT2D eigenvalue weighted by atomic mass is 35.5. The SMILES string of the molecule is CCOC(=N)Cc1cccc(Cl)c1. The van der Waals surface area contributed by atoms with Gasteiger partial charge in [0.2, 0.25) is 0 Å². The van der Waals surface area contributed by atoms with E-state index in [0.29, 0.717) is 18.1 Å². The minimum Gasteiger partial charge on any atom is -0.481 e. The molecular formula is C10H12ClNO. The average molecular weight is 198 g/mol. The van der Waals surface area contributed by atoms with E-state index in [1.165, 1.54) is 0 Å². The van der Waals surface area contributed by atoms with Crippen molar-refractivity contribution < 1.29 is 4.74 Å². The third-order valence-corrected chi connectivity index (χ3v) is 1.81. The molecule has 0 bridgehead atoms. The van der Waals surface area contributed by atoms with Crippen molar-refractivity contribution in [1.29, 1.82) is 5.41 Å². The van der Waals surface area contributed by atoms with E-state index in [2.05, 4.69) is 0 Å². The molecular weight excluding hydrogens is 186 g/mol. The monoisotopic (exact) mass is 197 g/mol. The van der Waals surface area contributed by atoms with Crippen molar-refractivity contribution in [2.24, 2.45) is 0 Å². The zero-order valence-electron chi connectivity index (χ0n) is 7.51. The minimum atomic E-state index is 0.282. The van der Waals surface area contributed by atoms with Crippen LogP contribution in [0.1, 0.15) is 12.5 Å². The Bertz CT molecular complexity index is 299. The second kappa shape index (κ2) is 4.87. The summed E-state index contributed by atoms with van der Waals surface area (Å²) in [6.07, 6.45) is 0.508. The molecule has 1 N–H and O–H groups in total. The van der Waals surface area contributed by atoms with Gasteiger partial charge in [-0.1, -0.05) is 23.7 Å². The van der Waals surface area contributed by atoms with Crippen molar-refractivity contribution in [3.8, 4) is 0 Å². The fourth-order valence-corrected chi connectivity index (χ4v) is 1.27. The molecule has 0 atom stereocenters. The smallest absolute Gasteiger partial charge is 0.184 e. The van der Waals surface area contributed by atoms with Crippen LogP contribution < -0.4 is 0 Å². The predicted octanol–water partition coefficient (Wildman–Crippen LogP) is 2.90. The van der Waals surface area contributed by atoms with Crippen LogP contribution in [0.3, 0.4) is 0 Å². The van der Waals surface area contributed by atoms with Crippen LogP contribution in [0.25, 0.3) is 0 Å². The highest BCUT2D eigenvalue weighted by Gasteiger charge is 1.99. The number of benzene rings is 1. The molecule has 0 aliphatic carbocycles. The largest absolute Gasteiger partial charge is 0.481 e. The number of halogens is 1. The van der Waals surface area contributed by atoms with Crippen LogP contribution in [-0.2, 0) is 11.2 Å². The first-order chi connectivity index (χ1) is 6.22. The van der Waals surface area contributed by atoms with Crippen LogP contribution >= 0.6 is 11.6 Å². The number of hydrogen-bond acceptors (Lipinski definition) is 2. The molecule has 0 spiro atoms. The second-order valence-electron chi connectivity index (χ2n) is 2.66. The van der Waals surface area contributed by atoms with Crippen molar-refractivity contribution in [3.63, 3.8) is 0 Å². The van der Waals surface area contributed by atoms with Gasteiger partial charge in [-0.2, -0.15) is 0 Å². The summed E-state index contributed by atoms with van der Waals surface area (Å²) in [6.45, 7) is 2.41. The van der Waals surface area contributed by atoms with Crippen molar-refractivity contribution in [1.82, 2.24) is 0 Å². The fourth-order valence-electron chi connectivity index (χ4n) is 1.06. The van der Waals surface area contributed by atoms with E-state index in [1.807, 2.05) is 31.2 Å². The fraction of sp³-hybridized carbons (Fsp3) is 0.300. The van der Waals surface area contributed by atoms with E-state index < -0.39 is 0 Å². The van der Waals surface area contributed by atoms with Gasteiger partial charge < -0.3 is 4.74 Å². The summed E-state index contributed by atoms with van der Waals surface area (Å²) in [5.41, 5.74) is 1.01. The van der Waals surface area contributed by atoms with E-state index in [9.17, 15) is 0 Å². The minimum absolute atomic E-state index is 0.282. The summed E-state index contributed by atoms with van der Waals surface area (Å²) in [7, 11) is 0. The van der Waals surface area contributed by atoms with Crippen LogP contribution in [0.5, 0.6) is 0 Å². The van der Waals surface area contributed by atoms with E-state index >= 15 is 0 Å². The van der Waals surface area contributed by atoms with Gasteiger partial charge in [-0.25, -0.2) is 0 Å². The highest BCUT2D eigenvalue weighted by molar-refractivity contribution is 6.30. The summed E-state index contributed by atoms with van der Waals surface area (Å²) in [5, 5.41) is 8.13. The molecule has 70 valence electrons. The van der Waals surface area contributed by atoms with Gasteiger partial charge in [0.25, 0.3) is 0 Å². The molecule has 3 heteroatoms. The van der Waals surface area contributed by atoms with Crippen LogP contribution in [-0.4, -0.2) is 12.5 Å². The lowest BCUT2D eigenvalue weighted by Crippen LogP contribution is -2.06. The Balaban J connectivity index is 2.58. The van der Waals surface area contributed by atoms with E-state index in [-0.39, 0.29) is 5.90 Å². The molecule has 0 aliphatic heterocycles. The van der Waals surface area contributed by atoms with Crippen LogP contribution in [0.2, 0.25) is 5.02 Å². The lowest BCUT2D eigenvalue weighted by atomic mass is 10.1. The molecule has 0 aliphatic rings. The van der Waals surface area contributed by atoms with Gasteiger partial charge in [-0.3, -0.25) is 5.41 Å². The summed E-state index contributed by atoms with van der Waals surface area (Å²) in [4.78, 5) is 0. The summed E-state index contributed by atoms with van der Waals surface area (Å²) in [6, 6.07) is 7.46. The van der Waals surface area contributed by atoms with Gasteiger partial charge in [0.05, 0.1) is 6.61 Å². The topological polar surface area (TPSA) is 33.1 Å². The Morgan fingerprint density at radius 1 is 1.54 bits per heavy atom. The molecule has 0 heterocycles. The van der Waals surface area contributed by atoms with Crippen LogP contribution in [0.15, 0.2) is 24.3 Å². The Hall–Kier alpha value is -1.02. The van der Waals surface area contributed by atoms with Gasteiger partial charge in [-0.05, 0) is 24.6 Å². The molecule has 0 fully saturated rings. The zero-order chi connectivity index (χ0) is 9.68. The third kappa shape index (κ3) is 3.47. The molecule has 13 heavy (non-hydrogen) atoms. The number of nitrogens with one attached hydrogen (secondary N) is 1. The maximum atomic E-state index is 7.43. The van der Waals surface area contributed by atoms with Gasteiger partial charge in [0.15, 0.2) is 5.90 Å². The highest BCUT2D eigenvalue weighted by Crippen LogP contribution is 2.11. The Kier molecular flexibility index (Phi) is 3.77.